The Kier molecular flexibility index (Phi) is 10.00. The second kappa shape index (κ2) is 14.8. The zero-order valence-electron chi connectivity index (χ0n) is 29.7. The molecule has 0 spiro atoms. The monoisotopic (exact) mass is 715 g/mol. The molecule has 2 amide bonds. The summed E-state index contributed by atoms with van der Waals surface area (Å²) in [5, 5.41) is 30.5. The van der Waals surface area contributed by atoms with E-state index in [2.05, 4.69) is 62.0 Å². The van der Waals surface area contributed by atoms with Crippen molar-refractivity contribution in [2.75, 3.05) is 29.0 Å². The summed E-state index contributed by atoms with van der Waals surface area (Å²) in [6.07, 6.45) is 1.64. The number of rotatable bonds is 11. The van der Waals surface area contributed by atoms with E-state index < -0.39 is 4.92 Å². The molecule has 0 saturated carbocycles. The fourth-order valence-electron chi connectivity index (χ4n) is 5.64. The van der Waals surface area contributed by atoms with Crippen LogP contribution in [0.4, 0.5) is 28.6 Å². The number of hydrogen-bond donors (Lipinski definition) is 4. The molecule has 6 rings (SSSR count). The van der Waals surface area contributed by atoms with E-state index in [1.54, 1.807) is 37.5 Å². The van der Waals surface area contributed by atoms with Gasteiger partial charge in [0.15, 0.2) is 11.3 Å². The van der Waals surface area contributed by atoms with Crippen molar-refractivity contribution in [1.29, 1.82) is 0 Å². The molecular formula is C38H37N9O6. The Morgan fingerprint density at radius 3 is 2.25 bits per heavy atom. The van der Waals surface area contributed by atoms with Crippen molar-refractivity contribution in [3.63, 3.8) is 0 Å². The number of fused-ring (bicyclic) bond motifs is 1. The van der Waals surface area contributed by atoms with Crippen LogP contribution in [0.3, 0.4) is 0 Å². The minimum atomic E-state index is -0.566. The first-order chi connectivity index (χ1) is 25.3. The molecule has 0 radical (unpaired) electrons. The van der Waals surface area contributed by atoms with Crippen molar-refractivity contribution in [3.8, 4) is 11.3 Å². The lowest BCUT2D eigenvalue weighted by atomic mass is 9.86. The van der Waals surface area contributed by atoms with E-state index in [1.165, 1.54) is 16.7 Å². The van der Waals surface area contributed by atoms with Gasteiger partial charge in [-0.05, 0) is 82.3 Å². The summed E-state index contributed by atoms with van der Waals surface area (Å²) in [7, 11) is 1.63. The highest BCUT2D eigenvalue weighted by molar-refractivity contribution is 6.05. The predicted molar refractivity (Wildman–Crippen MR) is 202 cm³/mol. The average molecular weight is 716 g/mol. The van der Waals surface area contributed by atoms with Gasteiger partial charge in [0, 0.05) is 60.5 Å². The van der Waals surface area contributed by atoms with Crippen LogP contribution in [0.2, 0.25) is 0 Å². The van der Waals surface area contributed by atoms with Crippen LogP contribution in [0.1, 0.15) is 52.6 Å². The highest BCUT2D eigenvalue weighted by Crippen LogP contribution is 2.30. The first-order valence-corrected chi connectivity index (χ1v) is 16.7. The zero-order chi connectivity index (χ0) is 37.9. The lowest BCUT2D eigenvalue weighted by Crippen LogP contribution is -2.28. The average Bonchev–Trinajstić information content (AvgIpc) is 3.63. The molecular weight excluding hydrogens is 678 g/mol. The number of carbonyl (C=O) groups is 2. The van der Waals surface area contributed by atoms with Gasteiger partial charge in [-0.15, -0.1) is 0 Å². The molecule has 270 valence electrons. The number of carbonyl (C=O) groups excluding carboxylic acids is 2. The second-order valence-corrected chi connectivity index (χ2v) is 13.4. The fraction of sp³-hybridized carbons (Fsp3) is 0.211. The largest absolute Gasteiger partial charge is 0.381 e. The summed E-state index contributed by atoms with van der Waals surface area (Å²) in [6, 6.07) is 22.5. The number of aromatic nitrogens is 4. The van der Waals surface area contributed by atoms with Crippen LogP contribution < -0.4 is 26.8 Å². The molecule has 0 aliphatic rings. The Morgan fingerprint density at radius 2 is 1.55 bits per heavy atom. The third kappa shape index (κ3) is 7.88. The van der Waals surface area contributed by atoms with Gasteiger partial charge < -0.3 is 25.8 Å². The number of anilines is 4. The summed E-state index contributed by atoms with van der Waals surface area (Å²) < 4.78 is 6.11. The standard InChI is InChI=1S/C38H37N9O6/c1-22-27(7-6-8-28(22)43-36(49)24-9-13-25(14-10-24)38(2,3)4)30-21-46(5)37(50)34(42-30)41-26-15-11-23(12-16-26)35(48)40-20-19-39-29-17-18-31(47(51)52)33-32(29)44-53-45-33/h6-18,21,39H,19-20H2,1-5H3,(H,40,48)(H,41,42)(H,43,49). The van der Waals surface area contributed by atoms with Crippen molar-refractivity contribution in [2.24, 2.45) is 7.05 Å². The third-order valence-electron chi connectivity index (χ3n) is 8.67. The summed E-state index contributed by atoms with van der Waals surface area (Å²) in [5.74, 6) is -0.469. The maximum atomic E-state index is 13.1. The molecule has 2 aromatic heterocycles. The van der Waals surface area contributed by atoms with Crippen LogP contribution in [0.25, 0.3) is 22.3 Å². The van der Waals surface area contributed by atoms with Gasteiger partial charge in [0.25, 0.3) is 17.4 Å². The SMILES string of the molecule is Cc1c(NC(=O)c2ccc(C(C)(C)C)cc2)cccc1-c1cn(C)c(=O)c(Nc2ccc(C(=O)NCCNc3ccc([N+](=O)[O-])c4nonc34)cc2)n1. The molecule has 15 heteroatoms. The van der Waals surface area contributed by atoms with Crippen LogP contribution in [0.5, 0.6) is 0 Å². The van der Waals surface area contributed by atoms with E-state index in [1.807, 2.05) is 49.4 Å². The van der Waals surface area contributed by atoms with E-state index in [0.717, 1.165) is 16.7 Å². The number of nitro groups is 1. The van der Waals surface area contributed by atoms with Gasteiger partial charge in [-0.25, -0.2) is 9.61 Å². The number of benzene rings is 4. The lowest BCUT2D eigenvalue weighted by molar-refractivity contribution is -0.383. The predicted octanol–water partition coefficient (Wildman–Crippen LogP) is 6.34. The van der Waals surface area contributed by atoms with Gasteiger partial charge in [0.05, 0.1) is 16.3 Å². The summed E-state index contributed by atoms with van der Waals surface area (Å²) in [6.45, 7) is 8.79. The first kappa shape index (κ1) is 35.9. The third-order valence-corrected chi connectivity index (χ3v) is 8.67. The van der Waals surface area contributed by atoms with Crippen molar-refractivity contribution < 1.29 is 19.1 Å². The molecule has 0 atom stereocenters. The molecule has 15 nitrogen and oxygen atoms in total. The van der Waals surface area contributed by atoms with E-state index in [4.69, 9.17) is 0 Å². The van der Waals surface area contributed by atoms with E-state index >= 15 is 0 Å². The summed E-state index contributed by atoms with van der Waals surface area (Å²) >= 11 is 0. The molecule has 0 saturated heterocycles. The van der Waals surface area contributed by atoms with Gasteiger partial charge in [0.1, 0.15) is 0 Å². The van der Waals surface area contributed by atoms with E-state index in [9.17, 15) is 24.5 Å². The van der Waals surface area contributed by atoms with Gasteiger partial charge in [-0.1, -0.05) is 45.0 Å². The molecule has 0 aliphatic heterocycles. The summed E-state index contributed by atoms with van der Waals surface area (Å²) in [5.41, 5.74) is 5.41. The van der Waals surface area contributed by atoms with Crippen molar-refractivity contribution in [2.45, 2.75) is 33.1 Å². The van der Waals surface area contributed by atoms with Gasteiger partial charge in [-0.2, -0.15) is 0 Å². The molecule has 0 aliphatic carbocycles. The van der Waals surface area contributed by atoms with Gasteiger partial charge in [-0.3, -0.25) is 24.5 Å². The highest BCUT2D eigenvalue weighted by Gasteiger charge is 2.20. The number of amides is 2. The number of non-ortho nitro benzene ring substituents is 1. The van der Waals surface area contributed by atoms with Crippen molar-refractivity contribution in [1.82, 2.24) is 25.2 Å². The van der Waals surface area contributed by atoms with Crippen LogP contribution in [0.15, 0.2) is 94.5 Å². The molecule has 0 unspecified atom stereocenters. The smallest absolute Gasteiger partial charge is 0.300 e. The van der Waals surface area contributed by atoms with Crippen molar-refractivity contribution in [3.05, 3.63) is 128 Å². The Balaban J connectivity index is 1.09. The van der Waals surface area contributed by atoms with Gasteiger partial charge >= 0.3 is 5.69 Å². The molecule has 6 aromatic rings. The van der Waals surface area contributed by atoms with E-state index in [-0.39, 0.29) is 51.9 Å². The number of aryl methyl sites for hydroxylation is 1. The number of nitrogens with one attached hydrogen (secondary N) is 4. The Bertz CT molecular complexity index is 2400. The molecule has 2 heterocycles. The van der Waals surface area contributed by atoms with Crippen LogP contribution in [-0.4, -0.2) is 49.7 Å². The lowest BCUT2D eigenvalue weighted by Gasteiger charge is -2.19. The Morgan fingerprint density at radius 1 is 0.868 bits per heavy atom. The Hall–Kier alpha value is -6.90. The fourth-order valence-corrected chi connectivity index (χ4v) is 5.64. The topological polar surface area (TPSA) is 199 Å². The zero-order valence-corrected chi connectivity index (χ0v) is 29.7. The minimum Gasteiger partial charge on any atom is -0.381 e. The van der Waals surface area contributed by atoms with Crippen LogP contribution in [0, 0.1) is 17.0 Å². The number of hydrogen-bond acceptors (Lipinski definition) is 11. The molecule has 0 bridgehead atoms. The molecule has 0 fully saturated rings. The Labute approximate surface area is 303 Å². The molecule has 4 N–H and O–H groups in total. The first-order valence-electron chi connectivity index (χ1n) is 16.7. The normalized spacial score (nSPS) is 11.3. The van der Waals surface area contributed by atoms with Crippen LogP contribution >= 0.6 is 0 Å². The second-order valence-electron chi connectivity index (χ2n) is 13.4. The minimum absolute atomic E-state index is 0.0239. The maximum absolute atomic E-state index is 13.1. The molecule has 53 heavy (non-hydrogen) atoms. The maximum Gasteiger partial charge on any atom is 0.300 e. The van der Waals surface area contributed by atoms with Crippen molar-refractivity contribution >= 4 is 51.4 Å². The summed E-state index contributed by atoms with van der Waals surface area (Å²) in [4.78, 5) is 54.3. The van der Waals surface area contributed by atoms with Gasteiger partial charge in [0.2, 0.25) is 5.52 Å². The number of nitro benzene ring substituents is 1. The highest BCUT2D eigenvalue weighted by atomic mass is 16.6. The molecule has 4 aromatic carbocycles. The van der Waals surface area contributed by atoms with E-state index in [0.29, 0.717) is 40.4 Å². The van der Waals surface area contributed by atoms with Crippen LogP contribution in [-0.2, 0) is 12.5 Å². The quantitative estimate of drug-likeness (QED) is 0.0663. The number of nitrogens with zero attached hydrogens (tertiary/aromatic N) is 5.